The minimum absolute atomic E-state index is 0.147. The van der Waals surface area contributed by atoms with Crippen molar-refractivity contribution in [2.75, 3.05) is 6.54 Å². The van der Waals surface area contributed by atoms with E-state index in [0.29, 0.717) is 18.2 Å². The number of amides is 1. The Morgan fingerprint density at radius 3 is 2.52 bits per heavy atom. The molecule has 3 rings (SSSR count). The summed E-state index contributed by atoms with van der Waals surface area (Å²) in [5.41, 5.74) is 1.22. The van der Waals surface area contributed by atoms with Gasteiger partial charge in [-0.15, -0.1) is 10.2 Å². The summed E-state index contributed by atoms with van der Waals surface area (Å²) in [5, 5.41) is 10.5. The minimum Gasteiger partial charge on any atom is -0.421 e. The quantitative estimate of drug-likeness (QED) is 0.731. The first-order valence-electron chi connectivity index (χ1n) is 8.18. The Kier molecular flexibility index (Phi) is 5.25. The van der Waals surface area contributed by atoms with Gasteiger partial charge in [-0.3, -0.25) is 4.79 Å². The average molecular weight is 375 g/mol. The molecule has 0 aliphatic carbocycles. The number of nitrogens with zero attached hydrogens (tertiary/aromatic N) is 2. The van der Waals surface area contributed by atoms with Crippen LogP contribution >= 0.6 is 0 Å². The first-order valence-corrected chi connectivity index (χ1v) is 8.18. The van der Waals surface area contributed by atoms with Crippen molar-refractivity contribution in [3.8, 4) is 11.5 Å². The van der Waals surface area contributed by atoms with Gasteiger partial charge in [0.05, 0.1) is 5.56 Å². The lowest BCUT2D eigenvalue weighted by molar-refractivity contribution is -0.137. The fourth-order valence-electron chi connectivity index (χ4n) is 2.44. The number of carbonyl (C=O) groups is 1. The number of hydrogen-bond acceptors (Lipinski definition) is 4. The fourth-order valence-corrected chi connectivity index (χ4v) is 2.44. The van der Waals surface area contributed by atoms with Crippen molar-refractivity contribution in [3.05, 3.63) is 71.1 Å². The molecule has 2 aromatic carbocycles. The molecular weight excluding hydrogens is 359 g/mol. The van der Waals surface area contributed by atoms with Crippen molar-refractivity contribution in [1.82, 2.24) is 15.5 Å². The number of aryl methyl sites for hydroxylation is 1. The predicted molar refractivity (Wildman–Crippen MR) is 92.0 cm³/mol. The van der Waals surface area contributed by atoms with Gasteiger partial charge < -0.3 is 9.73 Å². The molecule has 140 valence electrons. The Morgan fingerprint density at radius 1 is 1.11 bits per heavy atom. The van der Waals surface area contributed by atoms with E-state index < -0.39 is 17.6 Å². The maximum atomic E-state index is 12.5. The number of halogens is 3. The van der Waals surface area contributed by atoms with Gasteiger partial charge in [0.2, 0.25) is 11.8 Å². The number of rotatable bonds is 5. The molecule has 0 radical (unpaired) electrons. The van der Waals surface area contributed by atoms with Gasteiger partial charge in [0.1, 0.15) is 0 Å². The molecule has 5 nitrogen and oxygen atoms in total. The van der Waals surface area contributed by atoms with E-state index in [2.05, 4.69) is 15.5 Å². The predicted octanol–water partition coefficient (Wildman–Crippen LogP) is 4.04. The van der Waals surface area contributed by atoms with Crippen LogP contribution in [0.1, 0.15) is 27.4 Å². The Hall–Kier alpha value is -3.16. The van der Waals surface area contributed by atoms with Crippen LogP contribution in [0.2, 0.25) is 0 Å². The largest absolute Gasteiger partial charge is 0.421 e. The molecule has 0 unspecified atom stereocenters. The van der Waals surface area contributed by atoms with E-state index in [0.717, 1.165) is 35.4 Å². The SMILES string of the molecule is Cc1cccc(-c2nnc(CCNC(=O)c3ccc(C(F)(F)F)cc3)o2)c1. The van der Waals surface area contributed by atoms with Crippen LogP contribution in [0.25, 0.3) is 11.5 Å². The van der Waals surface area contributed by atoms with Crippen LogP contribution in [0.15, 0.2) is 52.9 Å². The normalized spacial score (nSPS) is 11.4. The van der Waals surface area contributed by atoms with E-state index >= 15 is 0 Å². The molecule has 1 amide bonds. The third-order valence-corrected chi connectivity index (χ3v) is 3.83. The van der Waals surface area contributed by atoms with Gasteiger partial charge in [0, 0.05) is 24.1 Å². The number of benzene rings is 2. The van der Waals surface area contributed by atoms with Gasteiger partial charge in [-0.2, -0.15) is 13.2 Å². The molecule has 1 N–H and O–H groups in total. The van der Waals surface area contributed by atoms with Crippen molar-refractivity contribution < 1.29 is 22.4 Å². The van der Waals surface area contributed by atoms with Crippen molar-refractivity contribution >= 4 is 5.91 Å². The van der Waals surface area contributed by atoms with E-state index in [4.69, 9.17) is 4.42 Å². The highest BCUT2D eigenvalue weighted by Crippen LogP contribution is 2.29. The van der Waals surface area contributed by atoms with Gasteiger partial charge in [-0.1, -0.05) is 17.7 Å². The van der Waals surface area contributed by atoms with Crippen molar-refractivity contribution in [1.29, 1.82) is 0 Å². The van der Waals surface area contributed by atoms with Gasteiger partial charge >= 0.3 is 6.18 Å². The summed E-state index contributed by atoms with van der Waals surface area (Å²) < 4.78 is 43.2. The number of carbonyl (C=O) groups excluding carboxylic acids is 1. The summed E-state index contributed by atoms with van der Waals surface area (Å²) in [6.45, 7) is 2.17. The number of hydrogen-bond donors (Lipinski definition) is 1. The minimum atomic E-state index is -4.43. The van der Waals surface area contributed by atoms with Crippen LogP contribution in [0.3, 0.4) is 0 Å². The maximum absolute atomic E-state index is 12.5. The number of nitrogens with one attached hydrogen (secondary N) is 1. The van der Waals surface area contributed by atoms with Crippen molar-refractivity contribution in [3.63, 3.8) is 0 Å². The molecule has 0 aliphatic heterocycles. The summed E-state index contributed by atoms with van der Waals surface area (Å²) in [5.74, 6) is 0.282. The molecule has 3 aromatic rings. The highest BCUT2D eigenvalue weighted by Gasteiger charge is 2.30. The molecule has 8 heteroatoms. The third kappa shape index (κ3) is 4.72. The molecule has 0 saturated carbocycles. The first-order chi connectivity index (χ1) is 12.8. The van der Waals surface area contributed by atoms with E-state index in [-0.39, 0.29) is 12.1 Å². The Morgan fingerprint density at radius 2 is 1.85 bits per heavy atom. The van der Waals surface area contributed by atoms with Gasteiger partial charge in [0.15, 0.2) is 0 Å². The van der Waals surface area contributed by atoms with E-state index in [1.54, 1.807) is 0 Å². The van der Waals surface area contributed by atoms with Crippen LogP contribution in [-0.2, 0) is 12.6 Å². The van der Waals surface area contributed by atoms with Crippen LogP contribution in [0.5, 0.6) is 0 Å². The Labute approximate surface area is 153 Å². The Balaban J connectivity index is 1.55. The standard InChI is InChI=1S/C19H16F3N3O2/c1-12-3-2-4-14(11-12)18-25-24-16(27-18)9-10-23-17(26)13-5-7-15(8-6-13)19(20,21)22/h2-8,11H,9-10H2,1H3,(H,23,26). The lowest BCUT2D eigenvalue weighted by atomic mass is 10.1. The maximum Gasteiger partial charge on any atom is 0.416 e. The van der Waals surface area contributed by atoms with Gasteiger partial charge in [0.25, 0.3) is 5.91 Å². The van der Waals surface area contributed by atoms with Gasteiger partial charge in [-0.25, -0.2) is 0 Å². The summed E-state index contributed by atoms with van der Waals surface area (Å²) >= 11 is 0. The lowest BCUT2D eigenvalue weighted by Gasteiger charge is -2.07. The second-order valence-electron chi connectivity index (χ2n) is 5.95. The van der Waals surface area contributed by atoms with Gasteiger partial charge in [-0.05, 0) is 43.3 Å². The monoisotopic (exact) mass is 375 g/mol. The zero-order valence-electron chi connectivity index (χ0n) is 14.4. The Bertz CT molecular complexity index is 934. The fraction of sp³-hybridized carbons (Fsp3) is 0.211. The average Bonchev–Trinajstić information content (AvgIpc) is 3.10. The second-order valence-corrected chi connectivity index (χ2v) is 5.95. The van der Waals surface area contributed by atoms with Crippen LogP contribution in [-0.4, -0.2) is 22.6 Å². The topological polar surface area (TPSA) is 68.0 Å². The highest BCUT2D eigenvalue weighted by molar-refractivity contribution is 5.94. The third-order valence-electron chi connectivity index (χ3n) is 3.83. The molecule has 0 spiro atoms. The van der Waals surface area contributed by atoms with Crippen LogP contribution < -0.4 is 5.32 Å². The summed E-state index contributed by atoms with van der Waals surface area (Å²) in [7, 11) is 0. The summed E-state index contributed by atoms with van der Waals surface area (Å²) in [6.07, 6.45) is -4.12. The van der Waals surface area contributed by atoms with Crippen LogP contribution in [0.4, 0.5) is 13.2 Å². The number of aromatic nitrogens is 2. The van der Waals surface area contributed by atoms with Crippen LogP contribution in [0, 0.1) is 6.92 Å². The van der Waals surface area contributed by atoms with E-state index in [9.17, 15) is 18.0 Å². The van der Waals surface area contributed by atoms with E-state index in [1.165, 1.54) is 0 Å². The molecule has 1 heterocycles. The van der Waals surface area contributed by atoms with Crippen molar-refractivity contribution in [2.24, 2.45) is 0 Å². The molecule has 0 fully saturated rings. The lowest BCUT2D eigenvalue weighted by Crippen LogP contribution is -2.25. The second kappa shape index (κ2) is 7.61. The van der Waals surface area contributed by atoms with E-state index in [1.807, 2.05) is 31.2 Å². The molecule has 0 aliphatic rings. The molecule has 0 atom stereocenters. The molecular formula is C19H16F3N3O2. The number of alkyl halides is 3. The smallest absolute Gasteiger partial charge is 0.416 e. The van der Waals surface area contributed by atoms with Crippen molar-refractivity contribution in [2.45, 2.75) is 19.5 Å². The highest BCUT2D eigenvalue weighted by atomic mass is 19.4. The zero-order chi connectivity index (χ0) is 19.4. The molecule has 1 aromatic heterocycles. The molecule has 0 bridgehead atoms. The molecule has 27 heavy (non-hydrogen) atoms. The summed E-state index contributed by atoms with van der Waals surface area (Å²) in [4.78, 5) is 12.0. The first kappa shape index (κ1) is 18.6. The summed E-state index contributed by atoms with van der Waals surface area (Å²) in [6, 6.07) is 11.7. The molecule has 0 saturated heterocycles. The zero-order valence-corrected chi connectivity index (χ0v) is 14.4.